The van der Waals surface area contributed by atoms with E-state index in [1.807, 2.05) is 0 Å². The molecule has 0 aliphatic heterocycles. The van der Waals surface area contributed by atoms with Gasteiger partial charge in [-0.25, -0.2) is 0 Å². The fourth-order valence-electron chi connectivity index (χ4n) is 2.36. The van der Waals surface area contributed by atoms with Gasteiger partial charge in [0.2, 0.25) is 0 Å². The highest BCUT2D eigenvalue weighted by Gasteiger charge is 2.26. The lowest BCUT2D eigenvalue weighted by Gasteiger charge is -2.38. The molecule has 0 fully saturated rings. The van der Waals surface area contributed by atoms with Crippen LogP contribution >= 0.6 is 0 Å². The average molecular weight is 245 g/mol. The van der Waals surface area contributed by atoms with Gasteiger partial charge < -0.3 is 9.84 Å². The molecule has 0 rings (SSSR count). The predicted molar refractivity (Wildman–Crippen MR) is 73.3 cm³/mol. The molecule has 0 aliphatic carbocycles. The first-order valence-electron chi connectivity index (χ1n) is 7.04. The standard InChI is InChI=1S/C14H31NO2/c1-6-9-14(16)13(8-3)15(10-11-17-5)12(4)7-2/h12-14,16H,6-11H2,1-5H3. The normalized spacial score (nSPS) is 17.1. The molecule has 3 unspecified atom stereocenters. The summed E-state index contributed by atoms with van der Waals surface area (Å²) in [5.74, 6) is 0. The number of hydrogen-bond acceptors (Lipinski definition) is 3. The van der Waals surface area contributed by atoms with Crippen LogP contribution in [0.5, 0.6) is 0 Å². The number of hydrogen-bond donors (Lipinski definition) is 1. The molecule has 17 heavy (non-hydrogen) atoms. The fraction of sp³-hybridized carbons (Fsp3) is 1.00. The van der Waals surface area contributed by atoms with Gasteiger partial charge in [-0.3, -0.25) is 4.90 Å². The Morgan fingerprint density at radius 2 is 1.82 bits per heavy atom. The smallest absolute Gasteiger partial charge is 0.0695 e. The second-order valence-corrected chi connectivity index (χ2v) is 4.82. The van der Waals surface area contributed by atoms with Gasteiger partial charge >= 0.3 is 0 Å². The van der Waals surface area contributed by atoms with Crippen LogP contribution in [0.1, 0.15) is 53.4 Å². The number of ether oxygens (including phenoxy) is 1. The van der Waals surface area contributed by atoms with Crippen LogP contribution in [0.4, 0.5) is 0 Å². The number of nitrogens with zero attached hydrogens (tertiary/aromatic N) is 1. The van der Waals surface area contributed by atoms with Gasteiger partial charge in [0.15, 0.2) is 0 Å². The third kappa shape index (κ3) is 5.84. The van der Waals surface area contributed by atoms with E-state index in [2.05, 4.69) is 32.6 Å². The molecular weight excluding hydrogens is 214 g/mol. The summed E-state index contributed by atoms with van der Waals surface area (Å²) in [5, 5.41) is 10.2. The van der Waals surface area contributed by atoms with Crippen molar-refractivity contribution in [3.8, 4) is 0 Å². The van der Waals surface area contributed by atoms with Gasteiger partial charge in [0.25, 0.3) is 0 Å². The van der Waals surface area contributed by atoms with Gasteiger partial charge in [-0.1, -0.05) is 27.2 Å². The summed E-state index contributed by atoms with van der Waals surface area (Å²) in [4.78, 5) is 2.41. The predicted octanol–water partition coefficient (Wildman–Crippen LogP) is 2.67. The molecule has 0 bridgehead atoms. The highest BCUT2D eigenvalue weighted by atomic mass is 16.5. The quantitative estimate of drug-likeness (QED) is 0.642. The molecule has 0 saturated carbocycles. The number of methoxy groups -OCH3 is 1. The average Bonchev–Trinajstić information content (AvgIpc) is 2.33. The third-order valence-electron chi connectivity index (χ3n) is 3.58. The molecule has 104 valence electrons. The van der Waals surface area contributed by atoms with Crippen molar-refractivity contribution in [3.05, 3.63) is 0 Å². The number of aliphatic hydroxyl groups is 1. The summed E-state index contributed by atoms with van der Waals surface area (Å²) < 4.78 is 5.18. The fourth-order valence-corrected chi connectivity index (χ4v) is 2.36. The zero-order valence-corrected chi connectivity index (χ0v) is 12.3. The van der Waals surface area contributed by atoms with E-state index in [0.717, 1.165) is 38.8 Å². The van der Waals surface area contributed by atoms with E-state index in [1.54, 1.807) is 7.11 Å². The summed E-state index contributed by atoms with van der Waals surface area (Å²) in [5.41, 5.74) is 0. The van der Waals surface area contributed by atoms with Crippen LogP contribution in [-0.4, -0.2) is 48.5 Å². The summed E-state index contributed by atoms with van der Waals surface area (Å²) in [6.07, 6.45) is 3.82. The number of rotatable bonds is 10. The molecule has 3 atom stereocenters. The minimum absolute atomic E-state index is 0.212. The summed E-state index contributed by atoms with van der Waals surface area (Å²) in [6, 6.07) is 0.765. The van der Waals surface area contributed by atoms with E-state index in [4.69, 9.17) is 4.74 Å². The highest BCUT2D eigenvalue weighted by molar-refractivity contribution is 4.81. The molecule has 0 aromatic rings. The number of aliphatic hydroxyl groups excluding tert-OH is 1. The van der Waals surface area contributed by atoms with Crippen molar-refractivity contribution in [2.45, 2.75) is 71.6 Å². The monoisotopic (exact) mass is 245 g/mol. The highest BCUT2D eigenvalue weighted by Crippen LogP contribution is 2.17. The molecule has 0 saturated heterocycles. The first kappa shape index (κ1) is 16.9. The molecule has 0 spiro atoms. The molecule has 0 aromatic carbocycles. The van der Waals surface area contributed by atoms with Crippen molar-refractivity contribution in [3.63, 3.8) is 0 Å². The first-order valence-corrected chi connectivity index (χ1v) is 7.04. The Morgan fingerprint density at radius 3 is 2.24 bits per heavy atom. The Labute approximate surface area is 107 Å². The van der Waals surface area contributed by atoms with Gasteiger partial charge in [0.05, 0.1) is 12.7 Å². The van der Waals surface area contributed by atoms with Gasteiger partial charge in [0, 0.05) is 25.7 Å². The van der Waals surface area contributed by atoms with Crippen molar-refractivity contribution in [1.82, 2.24) is 4.90 Å². The third-order valence-corrected chi connectivity index (χ3v) is 3.58. The molecule has 0 aliphatic rings. The van der Waals surface area contributed by atoms with E-state index in [0.29, 0.717) is 6.04 Å². The Morgan fingerprint density at radius 1 is 1.18 bits per heavy atom. The topological polar surface area (TPSA) is 32.7 Å². The molecule has 0 amide bonds. The lowest BCUT2D eigenvalue weighted by molar-refractivity contribution is 0.00634. The SMILES string of the molecule is CCCC(O)C(CC)N(CCOC)C(C)CC. The minimum Gasteiger partial charge on any atom is -0.391 e. The van der Waals surface area contributed by atoms with Gasteiger partial charge in [0.1, 0.15) is 0 Å². The maximum absolute atomic E-state index is 10.2. The van der Waals surface area contributed by atoms with Crippen LogP contribution in [0.3, 0.4) is 0 Å². The minimum atomic E-state index is -0.212. The molecular formula is C14H31NO2. The molecule has 3 nitrogen and oxygen atoms in total. The van der Waals surface area contributed by atoms with Gasteiger partial charge in [-0.2, -0.15) is 0 Å². The zero-order valence-electron chi connectivity index (χ0n) is 12.3. The summed E-state index contributed by atoms with van der Waals surface area (Å²) in [6.45, 7) is 10.4. The van der Waals surface area contributed by atoms with Crippen molar-refractivity contribution in [1.29, 1.82) is 0 Å². The molecule has 3 heteroatoms. The van der Waals surface area contributed by atoms with E-state index in [-0.39, 0.29) is 12.1 Å². The van der Waals surface area contributed by atoms with Gasteiger partial charge in [-0.05, 0) is 26.2 Å². The van der Waals surface area contributed by atoms with Crippen molar-refractivity contribution >= 4 is 0 Å². The van der Waals surface area contributed by atoms with Crippen LogP contribution in [0.2, 0.25) is 0 Å². The van der Waals surface area contributed by atoms with Crippen LogP contribution in [0.15, 0.2) is 0 Å². The Hall–Kier alpha value is -0.120. The van der Waals surface area contributed by atoms with E-state index >= 15 is 0 Å². The zero-order chi connectivity index (χ0) is 13.3. The second-order valence-electron chi connectivity index (χ2n) is 4.82. The van der Waals surface area contributed by atoms with Crippen molar-refractivity contribution < 1.29 is 9.84 Å². The summed E-state index contributed by atoms with van der Waals surface area (Å²) in [7, 11) is 1.73. The van der Waals surface area contributed by atoms with Crippen LogP contribution < -0.4 is 0 Å². The molecule has 1 N–H and O–H groups in total. The summed E-state index contributed by atoms with van der Waals surface area (Å²) >= 11 is 0. The van der Waals surface area contributed by atoms with E-state index in [1.165, 1.54) is 0 Å². The first-order chi connectivity index (χ1) is 8.12. The van der Waals surface area contributed by atoms with Gasteiger partial charge in [-0.15, -0.1) is 0 Å². The van der Waals surface area contributed by atoms with Crippen molar-refractivity contribution in [2.24, 2.45) is 0 Å². The van der Waals surface area contributed by atoms with E-state index in [9.17, 15) is 5.11 Å². The maximum atomic E-state index is 10.2. The molecule has 0 heterocycles. The Bertz CT molecular complexity index is 176. The Kier molecular flexibility index (Phi) is 9.79. The Balaban J connectivity index is 4.58. The van der Waals surface area contributed by atoms with Crippen LogP contribution in [0.25, 0.3) is 0 Å². The lowest BCUT2D eigenvalue weighted by Crippen LogP contribution is -2.49. The van der Waals surface area contributed by atoms with Crippen molar-refractivity contribution in [2.75, 3.05) is 20.3 Å². The van der Waals surface area contributed by atoms with E-state index < -0.39 is 0 Å². The molecule has 0 radical (unpaired) electrons. The lowest BCUT2D eigenvalue weighted by atomic mass is 10.00. The van der Waals surface area contributed by atoms with Crippen LogP contribution in [0, 0.1) is 0 Å². The second kappa shape index (κ2) is 9.86. The largest absolute Gasteiger partial charge is 0.391 e. The maximum Gasteiger partial charge on any atom is 0.0695 e. The van der Waals surface area contributed by atoms with Crippen LogP contribution in [-0.2, 0) is 4.74 Å². The molecule has 0 aromatic heterocycles.